The van der Waals surface area contributed by atoms with Gasteiger partial charge >= 0.3 is 0 Å². The molecule has 1 aromatic carbocycles. The van der Waals surface area contributed by atoms with Crippen LogP contribution in [0, 0.1) is 0 Å². The summed E-state index contributed by atoms with van der Waals surface area (Å²) >= 11 is 0. The van der Waals surface area contributed by atoms with Crippen molar-refractivity contribution in [2.45, 2.75) is 30.2 Å². The number of primary sulfonamides is 1. The maximum absolute atomic E-state index is 12.3. The molecule has 1 amide bonds. The molecule has 8 heteroatoms. The number of carbonyl (C=O) groups excluding carboxylic acids is 1. The number of aromatic nitrogens is 1. The third-order valence-electron chi connectivity index (χ3n) is 5.20. The van der Waals surface area contributed by atoms with E-state index in [1.807, 2.05) is 19.3 Å². The van der Waals surface area contributed by atoms with Crippen LogP contribution in [0.3, 0.4) is 0 Å². The van der Waals surface area contributed by atoms with Gasteiger partial charge in [0.05, 0.1) is 17.1 Å². The van der Waals surface area contributed by atoms with Crippen LogP contribution in [0.4, 0.5) is 0 Å². The Bertz CT molecular complexity index is 890. The molecule has 4 N–H and O–H groups in total. The first-order chi connectivity index (χ1) is 12.8. The molecule has 2 atom stereocenters. The van der Waals surface area contributed by atoms with Crippen molar-refractivity contribution in [1.82, 2.24) is 9.88 Å². The van der Waals surface area contributed by atoms with Crippen LogP contribution in [0.5, 0.6) is 0 Å². The smallest absolute Gasteiger partial charge is 0.275 e. The maximum Gasteiger partial charge on any atom is 0.275 e. The summed E-state index contributed by atoms with van der Waals surface area (Å²) < 4.78 is 24.7. The Morgan fingerprint density at radius 1 is 1.30 bits per heavy atom. The zero-order chi connectivity index (χ0) is 19.4. The molecule has 0 radical (unpaired) electrons. The molecule has 0 bridgehead atoms. The zero-order valence-corrected chi connectivity index (χ0v) is 16.3. The van der Waals surface area contributed by atoms with Gasteiger partial charge in [0.1, 0.15) is 6.04 Å². The number of likely N-dealkylation sites (tertiary alicyclic amines) is 1. The minimum atomic E-state index is -3.67. The second kappa shape index (κ2) is 8.24. The summed E-state index contributed by atoms with van der Waals surface area (Å²) in [5.74, 6) is 0.0484. The molecule has 1 aromatic heterocycles. The summed E-state index contributed by atoms with van der Waals surface area (Å²) in [6.45, 7) is 2.01. The Morgan fingerprint density at radius 2 is 2.04 bits per heavy atom. The number of carbonyl (C=O) groups is 1. The van der Waals surface area contributed by atoms with E-state index < -0.39 is 10.0 Å². The lowest BCUT2D eigenvalue weighted by atomic mass is 10.1. The average molecular weight is 392 g/mol. The normalized spacial score (nSPS) is 19.9. The van der Waals surface area contributed by atoms with E-state index in [1.54, 1.807) is 12.1 Å². The third-order valence-corrected chi connectivity index (χ3v) is 6.13. The summed E-state index contributed by atoms with van der Waals surface area (Å²) in [5.41, 5.74) is 2.24. The van der Waals surface area contributed by atoms with Crippen molar-refractivity contribution in [2.24, 2.45) is 12.2 Å². The quantitative estimate of drug-likeness (QED) is 0.607. The van der Waals surface area contributed by atoms with Gasteiger partial charge < -0.3 is 14.8 Å². The molecule has 1 saturated heterocycles. The summed E-state index contributed by atoms with van der Waals surface area (Å²) in [4.78, 5) is 13.7. The number of amides is 1. The monoisotopic (exact) mass is 391 g/mol. The van der Waals surface area contributed by atoms with Gasteiger partial charge in [-0.3, -0.25) is 4.79 Å². The first-order valence-electron chi connectivity index (χ1n) is 9.19. The van der Waals surface area contributed by atoms with Gasteiger partial charge in [-0.15, -0.1) is 0 Å². The Hall–Kier alpha value is -2.16. The van der Waals surface area contributed by atoms with E-state index in [2.05, 4.69) is 16.0 Å². The maximum atomic E-state index is 12.3. The molecule has 1 unspecified atom stereocenters. The fourth-order valence-corrected chi connectivity index (χ4v) is 4.29. The molecule has 2 aromatic rings. The van der Waals surface area contributed by atoms with E-state index in [-0.39, 0.29) is 10.8 Å². The van der Waals surface area contributed by atoms with Gasteiger partial charge in [0, 0.05) is 32.6 Å². The third kappa shape index (κ3) is 4.97. The number of sulfonamides is 1. The number of aryl methyl sites for hydroxylation is 1. The average Bonchev–Trinajstić information content (AvgIpc) is 3.23. The molecule has 3 rings (SSSR count). The van der Waals surface area contributed by atoms with Crippen molar-refractivity contribution in [3.05, 3.63) is 53.9 Å². The predicted molar refractivity (Wildman–Crippen MR) is 103 cm³/mol. The second-order valence-corrected chi connectivity index (χ2v) is 8.67. The summed E-state index contributed by atoms with van der Waals surface area (Å²) in [7, 11) is -1.62. The highest BCUT2D eigenvalue weighted by Gasteiger charge is 2.32. The molecule has 0 saturated carbocycles. The number of hydrogen-bond acceptors (Lipinski definition) is 3. The van der Waals surface area contributed by atoms with Gasteiger partial charge in [0.2, 0.25) is 10.0 Å². The number of hydrogen-bond donors (Lipinski definition) is 3. The molecule has 1 fully saturated rings. The van der Waals surface area contributed by atoms with Gasteiger partial charge in [0.25, 0.3) is 5.91 Å². The van der Waals surface area contributed by atoms with E-state index in [0.29, 0.717) is 25.6 Å². The lowest BCUT2D eigenvalue weighted by Crippen LogP contribution is -3.11. The van der Waals surface area contributed by atoms with Crippen molar-refractivity contribution < 1.29 is 18.1 Å². The topological polar surface area (TPSA) is 98.6 Å². The van der Waals surface area contributed by atoms with Crippen molar-refractivity contribution in [3.63, 3.8) is 0 Å². The van der Waals surface area contributed by atoms with Crippen LogP contribution in [0.2, 0.25) is 0 Å². The van der Waals surface area contributed by atoms with Crippen LogP contribution in [0.25, 0.3) is 0 Å². The molecule has 1 aliphatic rings. The van der Waals surface area contributed by atoms with Crippen LogP contribution in [-0.2, 0) is 28.3 Å². The van der Waals surface area contributed by atoms with E-state index in [9.17, 15) is 13.2 Å². The van der Waals surface area contributed by atoms with Gasteiger partial charge in [-0.25, -0.2) is 13.6 Å². The highest BCUT2D eigenvalue weighted by Crippen LogP contribution is 2.18. The molecule has 0 aliphatic carbocycles. The van der Waals surface area contributed by atoms with Crippen LogP contribution < -0.4 is 15.4 Å². The van der Waals surface area contributed by atoms with Crippen molar-refractivity contribution in [1.29, 1.82) is 0 Å². The molecule has 1 aliphatic heterocycles. The SMILES string of the molecule is Cn1cccc1[C@@H]1CCC[NH+]1CC(=O)NCCc1ccc(S(N)(=O)=O)cc1. The van der Waals surface area contributed by atoms with Crippen LogP contribution in [0.15, 0.2) is 47.5 Å². The number of rotatable bonds is 7. The second-order valence-electron chi connectivity index (χ2n) is 7.11. The molecule has 2 heterocycles. The van der Waals surface area contributed by atoms with Gasteiger partial charge in [-0.05, 0) is 36.2 Å². The van der Waals surface area contributed by atoms with E-state index in [4.69, 9.17) is 5.14 Å². The Balaban J connectivity index is 1.48. The van der Waals surface area contributed by atoms with Gasteiger partial charge in [-0.2, -0.15) is 0 Å². The molecule has 7 nitrogen and oxygen atoms in total. The Kier molecular flexibility index (Phi) is 5.98. The van der Waals surface area contributed by atoms with Crippen LogP contribution >= 0.6 is 0 Å². The number of quaternary nitrogens is 1. The first kappa shape index (κ1) is 19.6. The van der Waals surface area contributed by atoms with E-state index in [1.165, 1.54) is 22.7 Å². The van der Waals surface area contributed by atoms with E-state index >= 15 is 0 Å². The Labute approximate surface area is 160 Å². The van der Waals surface area contributed by atoms with Crippen LogP contribution in [0.1, 0.15) is 30.1 Å². The molecule has 146 valence electrons. The first-order valence-corrected chi connectivity index (χ1v) is 10.7. The highest BCUT2D eigenvalue weighted by atomic mass is 32.2. The predicted octanol–water partition coefficient (Wildman–Crippen LogP) is -0.249. The fraction of sp³-hybridized carbons (Fsp3) is 0.421. The standard InChI is InChI=1S/C19H26N4O3S/c1-22-12-2-4-17(22)18-5-3-13-23(18)14-19(24)21-11-10-15-6-8-16(9-7-15)27(20,25)26/h2,4,6-9,12,18H,3,5,10-11,13-14H2,1H3,(H,21,24)(H2,20,25,26)/p+1/t18-/m0/s1. The summed E-state index contributed by atoms with van der Waals surface area (Å²) in [6.07, 6.45) is 4.94. The van der Waals surface area contributed by atoms with Crippen molar-refractivity contribution in [3.8, 4) is 0 Å². The number of nitrogens with zero attached hydrogens (tertiary/aromatic N) is 1. The fourth-order valence-electron chi connectivity index (χ4n) is 3.78. The summed E-state index contributed by atoms with van der Waals surface area (Å²) in [6, 6.07) is 11.0. The van der Waals surface area contributed by atoms with Gasteiger partial charge in [0.15, 0.2) is 6.54 Å². The van der Waals surface area contributed by atoms with Gasteiger partial charge in [-0.1, -0.05) is 12.1 Å². The van der Waals surface area contributed by atoms with Crippen LogP contribution in [-0.4, -0.2) is 38.5 Å². The zero-order valence-electron chi connectivity index (χ0n) is 15.5. The Morgan fingerprint density at radius 3 is 2.67 bits per heavy atom. The number of nitrogens with one attached hydrogen (secondary N) is 2. The van der Waals surface area contributed by atoms with Crippen molar-refractivity contribution >= 4 is 15.9 Å². The molecule has 27 heavy (non-hydrogen) atoms. The minimum Gasteiger partial charge on any atom is -0.351 e. The largest absolute Gasteiger partial charge is 0.351 e. The number of nitrogens with two attached hydrogens (primary N) is 1. The van der Waals surface area contributed by atoms with E-state index in [0.717, 1.165) is 24.9 Å². The minimum absolute atomic E-state index is 0.0484. The molecule has 0 spiro atoms. The summed E-state index contributed by atoms with van der Waals surface area (Å²) in [5, 5.41) is 8.07. The molecular formula is C19H27N4O3S+. The number of benzene rings is 1. The lowest BCUT2D eigenvalue weighted by molar-refractivity contribution is -0.911. The molecular weight excluding hydrogens is 364 g/mol. The lowest BCUT2D eigenvalue weighted by Gasteiger charge is -2.21. The van der Waals surface area contributed by atoms with Crippen molar-refractivity contribution in [2.75, 3.05) is 19.6 Å². The highest BCUT2D eigenvalue weighted by molar-refractivity contribution is 7.89.